The Kier molecular flexibility index (Phi) is 18.4. The largest absolute Gasteiger partial charge is 0.312 e. The monoisotopic (exact) mass is 446 g/mol. The molecular formula is C25H54N2O2S. The Balaban J connectivity index is 0.00000192. The van der Waals surface area contributed by atoms with E-state index in [4.69, 9.17) is 0 Å². The standard InChI is InChI=1S/C22H45NO2S.C3H9N/c1-4-5-6-7-8-9-10-11-12-13-14-15-16-17-18-26(24,25)23-20-21(2)19-22(23)3;1-4(2)3/h21-22H,4-20H2,1-3H3;1-3H3. The maximum Gasteiger partial charge on any atom is 0.214 e. The van der Waals surface area contributed by atoms with Crippen molar-refractivity contribution in [1.82, 2.24) is 9.21 Å². The Labute approximate surface area is 190 Å². The zero-order valence-corrected chi connectivity index (χ0v) is 22.1. The van der Waals surface area contributed by atoms with E-state index in [1.165, 1.54) is 77.0 Å². The van der Waals surface area contributed by atoms with Crippen LogP contribution in [-0.2, 0) is 10.0 Å². The number of hydrogen-bond acceptors (Lipinski definition) is 3. The van der Waals surface area contributed by atoms with Crippen LogP contribution in [0.4, 0.5) is 0 Å². The number of nitrogens with zero attached hydrogens (tertiary/aromatic N) is 2. The van der Waals surface area contributed by atoms with Gasteiger partial charge < -0.3 is 4.90 Å². The first-order valence-corrected chi connectivity index (χ1v) is 14.4. The molecule has 2 unspecified atom stereocenters. The number of sulfonamides is 1. The Morgan fingerprint density at radius 2 is 1.10 bits per heavy atom. The predicted octanol–water partition coefficient (Wildman–Crippen LogP) is 6.71. The fourth-order valence-electron chi connectivity index (χ4n) is 4.25. The molecule has 1 saturated heterocycles. The van der Waals surface area contributed by atoms with Crippen molar-refractivity contribution in [3.8, 4) is 0 Å². The second-order valence-corrected chi connectivity index (χ2v) is 12.1. The van der Waals surface area contributed by atoms with Gasteiger partial charge in [0.15, 0.2) is 0 Å². The first kappa shape index (κ1) is 29.9. The maximum atomic E-state index is 12.4. The molecule has 1 heterocycles. The van der Waals surface area contributed by atoms with E-state index in [9.17, 15) is 8.42 Å². The number of rotatable bonds is 16. The highest BCUT2D eigenvalue weighted by atomic mass is 32.2. The lowest BCUT2D eigenvalue weighted by molar-refractivity contribution is 0.404. The van der Waals surface area contributed by atoms with Crippen molar-refractivity contribution in [3.05, 3.63) is 0 Å². The van der Waals surface area contributed by atoms with Gasteiger partial charge in [0.05, 0.1) is 5.75 Å². The molecule has 182 valence electrons. The summed E-state index contributed by atoms with van der Waals surface area (Å²) >= 11 is 0. The van der Waals surface area contributed by atoms with Crippen LogP contribution >= 0.6 is 0 Å². The summed E-state index contributed by atoms with van der Waals surface area (Å²) in [6.07, 6.45) is 19.2. The molecule has 0 amide bonds. The van der Waals surface area contributed by atoms with E-state index in [2.05, 4.69) is 13.8 Å². The zero-order valence-electron chi connectivity index (χ0n) is 21.3. The Hall–Kier alpha value is -0.130. The van der Waals surface area contributed by atoms with Gasteiger partial charge in [-0.15, -0.1) is 0 Å². The molecule has 0 N–H and O–H groups in total. The molecule has 30 heavy (non-hydrogen) atoms. The van der Waals surface area contributed by atoms with Crippen LogP contribution in [0.1, 0.15) is 117 Å². The van der Waals surface area contributed by atoms with E-state index in [1.54, 1.807) is 4.31 Å². The van der Waals surface area contributed by atoms with Gasteiger partial charge in [-0.1, -0.05) is 97.3 Å². The van der Waals surface area contributed by atoms with Crippen molar-refractivity contribution in [2.24, 2.45) is 5.92 Å². The van der Waals surface area contributed by atoms with Gasteiger partial charge in [-0.05, 0) is 46.8 Å². The van der Waals surface area contributed by atoms with Crippen molar-refractivity contribution in [1.29, 1.82) is 0 Å². The summed E-state index contributed by atoms with van der Waals surface area (Å²) in [7, 11) is 2.97. The van der Waals surface area contributed by atoms with Crippen LogP contribution in [0.5, 0.6) is 0 Å². The molecule has 0 bridgehead atoms. The normalized spacial score (nSPS) is 19.8. The summed E-state index contributed by atoms with van der Waals surface area (Å²) < 4.78 is 26.6. The minimum Gasteiger partial charge on any atom is -0.312 e. The highest BCUT2D eigenvalue weighted by molar-refractivity contribution is 7.89. The Morgan fingerprint density at radius 3 is 1.43 bits per heavy atom. The third-order valence-electron chi connectivity index (χ3n) is 5.84. The van der Waals surface area contributed by atoms with Crippen LogP contribution in [0.15, 0.2) is 0 Å². The van der Waals surface area contributed by atoms with Crippen molar-refractivity contribution >= 4 is 10.0 Å². The molecule has 0 aromatic carbocycles. The minimum atomic E-state index is -3.03. The summed E-state index contributed by atoms with van der Waals surface area (Å²) in [6.45, 7) is 7.19. The fraction of sp³-hybridized carbons (Fsp3) is 1.00. The summed E-state index contributed by atoms with van der Waals surface area (Å²) in [6, 6.07) is 0.196. The summed E-state index contributed by atoms with van der Waals surface area (Å²) in [5.74, 6) is 0.860. The van der Waals surface area contributed by atoms with Gasteiger partial charge in [-0.25, -0.2) is 8.42 Å². The highest BCUT2D eigenvalue weighted by Gasteiger charge is 2.34. The van der Waals surface area contributed by atoms with Crippen molar-refractivity contribution in [2.75, 3.05) is 33.4 Å². The molecular weight excluding hydrogens is 392 g/mol. The van der Waals surface area contributed by atoms with E-state index in [0.717, 1.165) is 25.8 Å². The first-order chi connectivity index (χ1) is 14.2. The zero-order chi connectivity index (χ0) is 22.8. The molecule has 0 radical (unpaired) electrons. The molecule has 1 rings (SSSR count). The molecule has 1 fully saturated rings. The van der Waals surface area contributed by atoms with Crippen molar-refractivity contribution in [2.45, 2.75) is 123 Å². The van der Waals surface area contributed by atoms with Crippen LogP contribution in [0, 0.1) is 5.92 Å². The lowest BCUT2D eigenvalue weighted by atomic mass is 10.0. The molecule has 1 aliphatic rings. The van der Waals surface area contributed by atoms with Crippen LogP contribution in [-0.4, -0.2) is 57.1 Å². The average Bonchev–Trinajstić information content (AvgIpc) is 3.00. The summed E-state index contributed by atoms with van der Waals surface area (Å²) in [5, 5.41) is 0. The van der Waals surface area contributed by atoms with Crippen molar-refractivity contribution < 1.29 is 8.42 Å². The van der Waals surface area contributed by atoms with E-state index < -0.39 is 10.0 Å². The molecule has 4 nitrogen and oxygen atoms in total. The lowest BCUT2D eigenvalue weighted by Gasteiger charge is -2.20. The van der Waals surface area contributed by atoms with Gasteiger partial charge in [0.2, 0.25) is 10.0 Å². The van der Waals surface area contributed by atoms with Gasteiger partial charge in [-0.2, -0.15) is 4.31 Å². The molecule has 5 heteroatoms. The van der Waals surface area contributed by atoms with Crippen LogP contribution in [0.2, 0.25) is 0 Å². The second-order valence-electron chi connectivity index (χ2n) is 10.0. The lowest BCUT2D eigenvalue weighted by Crippen LogP contribution is -2.35. The fourth-order valence-corrected chi connectivity index (χ4v) is 6.16. The molecule has 0 spiro atoms. The topological polar surface area (TPSA) is 40.6 Å². The van der Waals surface area contributed by atoms with Gasteiger partial charge in [0, 0.05) is 12.6 Å². The highest BCUT2D eigenvalue weighted by Crippen LogP contribution is 2.26. The molecule has 0 saturated carbocycles. The van der Waals surface area contributed by atoms with E-state index >= 15 is 0 Å². The number of unbranched alkanes of at least 4 members (excludes halogenated alkanes) is 13. The summed E-state index contributed by atoms with van der Waals surface area (Å²) in [4.78, 5) is 2.00. The molecule has 0 aromatic heterocycles. The van der Waals surface area contributed by atoms with Crippen LogP contribution in [0.3, 0.4) is 0 Å². The Bertz CT molecular complexity index is 477. The minimum absolute atomic E-state index is 0.196. The molecule has 0 aromatic rings. The van der Waals surface area contributed by atoms with Crippen LogP contribution in [0.25, 0.3) is 0 Å². The van der Waals surface area contributed by atoms with E-state index in [-0.39, 0.29) is 6.04 Å². The first-order valence-electron chi connectivity index (χ1n) is 12.8. The average molecular weight is 447 g/mol. The van der Waals surface area contributed by atoms with Crippen LogP contribution < -0.4 is 0 Å². The quantitative estimate of drug-likeness (QED) is 0.247. The van der Waals surface area contributed by atoms with Gasteiger partial charge in [-0.3, -0.25) is 0 Å². The van der Waals surface area contributed by atoms with E-state index in [0.29, 0.717) is 11.7 Å². The third kappa shape index (κ3) is 16.5. The van der Waals surface area contributed by atoms with Gasteiger partial charge in [0.1, 0.15) is 0 Å². The van der Waals surface area contributed by atoms with Gasteiger partial charge in [0.25, 0.3) is 0 Å². The molecule has 1 aliphatic heterocycles. The Morgan fingerprint density at radius 1 is 0.733 bits per heavy atom. The molecule has 0 aliphatic carbocycles. The molecule has 2 atom stereocenters. The SMILES string of the molecule is CCCCCCCCCCCCCCCCS(=O)(=O)N1CC(C)CC1C.CN(C)C. The third-order valence-corrected chi connectivity index (χ3v) is 7.87. The maximum absolute atomic E-state index is 12.4. The summed E-state index contributed by atoms with van der Waals surface area (Å²) in [5.41, 5.74) is 0. The second kappa shape index (κ2) is 18.4. The van der Waals surface area contributed by atoms with Gasteiger partial charge >= 0.3 is 0 Å². The smallest absolute Gasteiger partial charge is 0.214 e. The predicted molar refractivity (Wildman–Crippen MR) is 134 cm³/mol. The van der Waals surface area contributed by atoms with E-state index in [1.807, 2.05) is 33.0 Å². The number of hydrogen-bond donors (Lipinski definition) is 0. The van der Waals surface area contributed by atoms with Crippen molar-refractivity contribution in [3.63, 3.8) is 0 Å².